The highest BCUT2D eigenvalue weighted by Gasteiger charge is 2.16. The third-order valence-electron chi connectivity index (χ3n) is 3.55. The van der Waals surface area contributed by atoms with E-state index in [4.69, 9.17) is 4.74 Å². The van der Waals surface area contributed by atoms with E-state index >= 15 is 0 Å². The summed E-state index contributed by atoms with van der Waals surface area (Å²) in [6, 6.07) is 17.3. The average Bonchev–Trinajstić information content (AvgIpc) is 2.97. The number of aromatic nitrogens is 1. The molecule has 2 aromatic carbocycles. The summed E-state index contributed by atoms with van der Waals surface area (Å²) in [5, 5.41) is 3.73. The lowest BCUT2D eigenvalue weighted by molar-refractivity contribution is 0.102. The number of nitrogens with one attached hydrogen (secondary N) is 1. The molecule has 122 valence electrons. The monoisotopic (exact) mass is 338 g/mol. The summed E-state index contributed by atoms with van der Waals surface area (Å²) in [7, 11) is 0. The van der Waals surface area contributed by atoms with Crippen molar-refractivity contribution >= 4 is 22.9 Å². The van der Waals surface area contributed by atoms with Gasteiger partial charge in [-0.3, -0.25) is 4.79 Å². The van der Waals surface area contributed by atoms with Crippen molar-refractivity contribution in [3.8, 4) is 5.75 Å². The van der Waals surface area contributed by atoms with E-state index in [2.05, 4.69) is 10.3 Å². The van der Waals surface area contributed by atoms with Crippen LogP contribution in [0.3, 0.4) is 0 Å². The minimum atomic E-state index is -0.134. The highest BCUT2D eigenvalue weighted by atomic mass is 32.1. The Hall–Kier alpha value is -2.66. The number of carbonyl (C=O) groups excluding carboxylic acids is 1. The highest BCUT2D eigenvalue weighted by molar-refractivity contribution is 7.13. The molecule has 1 heterocycles. The zero-order valence-corrected chi connectivity index (χ0v) is 14.4. The smallest absolute Gasteiger partial charge is 0.267 e. The fourth-order valence-corrected chi connectivity index (χ4v) is 3.15. The lowest BCUT2D eigenvalue weighted by Gasteiger charge is -2.06. The molecule has 0 saturated carbocycles. The van der Waals surface area contributed by atoms with Crippen LogP contribution in [0.25, 0.3) is 0 Å². The van der Waals surface area contributed by atoms with E-state index in [1.807, 2.05) is 68.4 Å². The Morgan fingerprint density at radius 2 is 1.79 bits per heavy atom. The first-order valence-corrected chi connectivity index (χ1v) is 8.46. The summed E-state index contributed by atoms with van der Waals surface area (Å²) in [5.74, 6) is 0.654. The molecule has 0 radical (unpaired) electrons. The van der Waals surface area contributed by atoms with Crippen molar-refractivity contribution in [3.63, 3.8) is 0 Å². The van der Waals surface area contributed by atoms with Gasteiger partial charge in [0.05, 0.1) is 5.69 Å². The molecule has 3 rings (SSSR count). The molecule has 0 aliphatic rings. The Labute approximate surface area is 145 Å². The van der Waals surface area contributed by atoms with E-state index in [1.54, 1.807) is 0 Å². The van der Waals surface area contributed by atoms with Gasteiger partial charge in [-0.15, -0.1) is 11.3 Å². The zero-order chi connectivity index (χ0) is 16.9. The van der Waals surface area contributed by atoms with Gasteiger partial charge in [0.2, 0.25) is 0 Å². The third-order valence-corrected chi connectivity index (χ3v) is 4.68. The molecule has 3 aromatic rings. The fraction of sp³-hybridized carbons (Fsp3) is 0.158. The zero-order valence-electron chi connectivity index (χ0n) is 13.6. The first-order valence-electron chi connectivity index (χ1n) is 7.64. The van der Waals surface area contributed by atoms with Crippen molar-refractivity contribution < 1.29 is 9.53 Å². The van der Waals surface area contributed by atoms with E-state index in [0.717, 1.165) is 27.7 Å². The predicted molar refractivity (Wildman–Crippen MR) is 96.8 cm³/mol. The number of rotatable bonds is 5. The van der Waals surface area contributed by atoms with Crippen LogP contribution in [-0.2, 0) is 6.61 Å². The number of hydrogen-bond acceptors (Lipinski definition) is 4. The quantitative estimate of drug-likeness (QED) is 0.740. The third kappa shape index (κ3) is 3.81. The number of carbonyl (C=O) groups is 1. The van der Waals surface area contributed by atoms with Crippen LogP contribution in [0.2, 0.25) is 0 Å². The molecule has 0 saturated heterocycles. The van der Waals surface area contributed by atoms with Crippen LogP contribution < -0.4 is 10.1 Å². The van der Waals surface area contributed by atoms with Crippen molar-refractivity contribution in [3.05, 3.63) is 75.7 Å². The number of aryl methyl sites for hydroxylation is 2. The second-order valence-corrected chi connectivity index (χ2v) is 6.48. The molecular weight excluding hydrogens is 320 g/mol. The number of benzene rings is 2. The first-order chi connectivity index (χ1) is 11.6. The normalized spacial score (nSPS) is 10.4. The van der Waals surface area contributed by atoms with Gasteiger partial charge < -0.3 is 10.1 Å². The fourth-order valence-electron chi connectivity index (χ4n) is 2.28. The van der Waals surface area contributed by atoms with Crippen LogP contribution >= 0.6 is 11.3 Å². The van der Waals surface area contributed by atoms with Gasteiger partial charge in [0.1, 0.15) is 22.2 Å². The van der Waals surface area contributed by atoms with E-state index in [0.29, 0.717) is 11.5 Å². The largest absolute Gasteiger partial charge is 0.486 e. The Kier molecular flexibility index (Phi) is 4.91. The van der Waals surface area contributed by atoms with Gasteiger partial charge in [-0.2, -0.15) is 0 Å². The van der Waals surface area contributed by atoms with Crippen LogP contribution in [0.4, 0.5) is 5.69 Å². The van der Waals surface area contributed by atoms with Crippen LogP contribution in [0.1, 0.15) is 25.9 Å². The second kappa shape index (κ2) is 7.27. The number of nitrogens with zero attached hydrogens (tertiary/aromatic N) is 1. The van der Waals surface area contributed by atoms with Gasteiger partial charge in [-0.05, 0) is 37.6 Å². The summed E-state index contributed by atoms with van der Waals surface area (Å²) >= 11 is 1.36. The molecule has 0 unspecified atom stereocenters. The van der Waals surface area contributed by atoms with Gasteiger partial charge in [0.25, 0.3) is 5.91 Å². The topological polar surface area (TPSA) is 51.2 Å². The predicted octanol–water partition coefficient (Wildman–Crippen LogP) is 4.59. The van der Waals surface area contributed by atoms with E-state index in [-0.39, 0.29) is 5.91 Å². The van der Waals surface area contributed by atoms with Crippen molar-refractivity contribution in [2.45, 2.75) is 20.5 Å². The number of hydrogen-bond donors (Lipinski definition) is 1. The van der Waals surface area contributed by atoms with Gasteiger partial charge in [0, 0.05) is 5.69 Å². The Bertz CT molecular complexity index is 844. The van der Waals surface area contributed by atoms with Crippen molar-refractivity contribution in [2.75, 3.05) is 5.32 Å². The second-order valence-electron chi connectivity index (χ2n) is 5.39. The number of thiazole rings is 1. The lowest BCUT2D eigenvalue weighted by Crippen LogP contribution is -2.12. The maximum absolute atomic E-state index is 12.5. The summed E-state index contributed by atoms with van der Waals surface area (Å²) < 4.78 is 5.69. The van der Waals surface area contributed by atoms with Crippen LogP contribution in [0, 0.1) is 13.8 Å². The maximum Gasteiger partial charge on any atom is 0.267 e. The molecule has 4 nitrogen and oxygen atoms in total. The maximum atomic E-state index is 12.5. The summed E-state index contributed by atoms with van der Waals surface area (Å²) in [4.78, 5) is 17.6. The number of ether oxygens (including phenoxy) is 1. The molecule has 1 aromatic heterocycles. The first kappa shape index (κ1) is 16.2. The van der Waals surface area contributed by atoms with Crippen molar-refractivity contribution in [1.82, 2.24) is 4.98 Å². The van der Waals surface area contributed by atoms with E-state index in [9.17, 15) is 4.79 Å². The Balaban J connectivity index is 1.69. The summed E-state index contributed by atoms with van der Waals surface area (Å²) in [6.45, 7) is 4.16. The minimum Gasteiger partial charge on any atom is -0.486 e. The summed E-state index contributed by atoms with van der Waals surface area (Å²) in [5.41, 5.74) is 2.57. The van der Waals surface area contributed by atoms with Gasteiger partial charge in [0.15, 0.2) is 0 Å². The Morgan fingerprint density at radius 3 is 2.54 bits per heavy atom. The van der Waals surface area contributed by atoms with E-state index < -0.39 is 0 Å². The molecule has 0 aliphatic carbocycles. The molecule has 5 heteroatoms. The molecule has 0 aliphatic heterocycles. The van der Waals surface area contributed by atoms with Gasteiger partial charge in [-0.25, -0.2) is 4.98 Å². The van der Waals surface area contributed by atoms with Crippen molar-refractivity contribution in [2.24, 2.45) is 0 Å². The summed E-state index contributed by atoms with van der Waals surface area (Å²) in [6.07, 6.45) is 0. The lowest BCUT2D eigenvalue weighted by atomic mass is 10.2. The highest BCUT2D eigenvalue weighted by Crippen LogP contribution is 2.22. The Morgan fingerprint density at radius 1 is 1.08 bits per heavy atom. The molecule has 1 amide bonds. The molecule has 1 N–H and O–H groups in total. The number of amides is 1. The van der Waals surface area contributed by atoms with Gasteiger partial charge in [-0.1, -0.05) is 36.4 Å². The molecule has 0 fully saturated rings. The van der Waals surface area contributed by atoms with Crippen LogP contribution in [-0.4, -0.2) is 10.9 Å². The van der Waals surface area contributed by atoms with Crippen LogP contribution in [0.15, 0.2) is 54.6 Å². The average molecular weight is 338 g/mol. The standard InChI is InChI=1S/C19H18N2O2S/c1-13-8-6-7-11-16(13)21-19(22)18-14(2)20-17(24-18)12-23-15-9-4-3-5-10-15/h3-11H,12H2,1-2H3,(H,21,22). The molecule has 0 atom stereocenters. The SMILES string of the molecule is Cc1ccccc1NC(=O)c1sc(COc2ccccc2)nc1C. The number of anilines is 1. The molecule has 0 spiro atoms. The molecule has 24 heavy (non-hydrogen) atoms. The number of para-hydroxylation sites is 2. The molecular formula is C19H18N2O2S. The van der Waals surface area contributed by atoms with Gasteiger partial charge >= 0.3 is 0 Å². The van der Waals surface area contributed by atoms with E-state index in [1.165, 1.54) is 11.3 Å². The minimum absolute atomic E-state index is 0.134. The molecule has 0 bridgehead atoms. The van der Waals surface area contributed by atoms with Crippen molar-refractivity contribution in [1.29, 1.82) is 0 Å². The van der Waals surface area contributed by atoms with Crippen LogP contribution in [0.5, 0.6) is 5.75 Å².